The van der Waals surface area contributed by atoms with E-state index in [4.69, 9.17) is 0 Å². The van der Waals surface area contributed by atoms with Crippen LogP contribution in [0.2, 0.25) is 0 Å². The van der Waals surface area contributed by atoms with Gasteiger partial charge in [0.05, 0.1) is 17.5 Å². The number of fused-ring (bicyclic) bond motifs is 1. The first kappa shape index (κ1) is 16.1. The number of thioether (sulfide) groups is 1. The minimum atomic E-state index is -3.00. The van der Waals surface area contributed by atoms with E-state index in [1.165, 1.54) is 17.3 Å². The smallest absolute Gasteiger partial charge is 0.251 e. The van der Waals surface area contributed by atoms with Crippen molar-refractivity contribution in [2.75, 3.05) is 11.5 Å². The van der Waals surface area contributed by atoms with Gasteiger partial charge in [0.15, 0.2) is 15.0 Å². The minimum absolute atomic E-state index is 0.00815. The van der Waals surface area contributed by atoms with E-state index in [1.807, 2.05) is 24.0 Å². The van der Waals surface area contributed by atoms with Crippen LogP contribution in [-0.2, 0) is 21.2 Å². The van der Waals surface area contributed by atoms with Crippen molar-refractivity contribution in [2.45, 2.75) is 37.6 Å². The predicted molar refractivity (Wildman–Crippen MR) is 95.7 cm³/mol. The van der Waals surface area contributed by atoms with E-state index >= 15 is 0 Å². The summed E-state index contributed by atoms with van der Waals surface area (Å²) in [5.41, 5.74) is 2.30. The largest absolute Gasteiger partial charge is 0.342 e. The highest BCUT2D eigenvalue weighted by Crippen LogP contribution is 2.40. The molecule has 24 heavy (non-hydrogen) atoms. The monoisotopic (exact) mass is 364 g/mol. The second-order valence-electron chi connectivity index (χ2n) is 6.92. The molecular formula is C17H20N2O3S2. The second-order valence-corrected chi connectivity index (χ2v) is 10.3. The average molecular weight is 364 g/mol. The van der Waals surface area contributed by atoms with Crippen LogP contribution in [0, 0.1) is 12.8 Å². The van der Waals surface area contributed by atoms with Gasteiger partial charge < -0.3 is 4.90 Å². The Labute approximate surface area is 146 Å². The maximum atomic E-state index is 12.1. The summed E-state index contributed by atoms with van der Waals surface area (Å²) in [5, 5.41) is 0.698. The molecule has 1 aromatic carbocycles. The first-order valence-corrected chi connectivity index (χ1v) is 10.9. The van der Waals surface area contributed by atoms with E-state index < -0.39 is 9.84 Å². The Morgan fingerprint density at radius 2 is 1.96 bits per heavy atom. The Bertz CT molecular complexity index is 798. The third-order valence-corrected chi connectivity index (χ3v) is 8.03. The molecule has 5 nitrogen and oxygen atoms in total. The van der Waals surface area contributed by atoms with E-state index in [1.54, 1.807) is 0 Å². The van der Waals surface area contributed by atoms with E-state index in [0.717, 1.165) is 18.4 Å². The number of benzene rings is 1. The van der Waals surface area contributed by atoms with Crippen LogP contribution in [0.1, 0.15) is 24.0 Å². The molecule has 4 rings (SSSR count). The molecule has 1 aliphatic carbocycles. The lowest BCUT2D eigenvalue weighted by Gasteiger charge is -2.24. The molecule has 0 spiro atoms. The fourth-order valence-electron chi connectivity index (χ4n) is 3.23. The quantitative estimate of drug-likeness (QED) is 0.821. The number of amides is 1. The molecular weight excluding hydrogens is 344 g/mol. The number of rotatable bonds is 3. The van der Waals surface area contributed by atoms with Crippen LogP contribution in [0.5, 0.6) is 0 Å². The summed E-state index contributed by atoms with van der Waals surface area (Å²) < 4.78 is 24.0. The highest BCUT2D eigenvalue weighted by Gasteiger charge is 2.49. The highest BCUT2D eigenvalue weighted by molar-refractivity contribution is 8.15. The van der Waals surface area contributed by atoms with Gasteiger partial charge in [-0.05, 0) is 25.3 Å². The second kappa shape index (κ2) is 5.88. The Morgan fingerprint density at radius 1 is 1.25 bits per heavy atom. The van der Waals surface area contributed by atoms with Crippen molar-refractivity contribution in [2.24, 2.45) is 10.9 Å². The fraction of sp³-hybridized carbons (Fsp3) is 0.529. The van der Waals surface area contributed by atoms with Crippen molar-refractivity contribution in [3.05, 3.63) is 35.4 Å². The van der Waals surface area contributed by atoms with Crippen molar-refractivity contribution in [1.29, 1.82) is 0 Å². The summed E-state index contributed by atoms with van der Waals surface area (Å²) in [5.74, 6) is 0.383. The molecule has 7 heteroatoms. The van der Waals surface area contributed by atoms with Gasteiger partial charge in [-0.25, -0.2) is 8.42 Å². The van der Waals surface area contributed by atoms with Crippen LogP contribution >= 0.6 is 11.8 Å². The standard InChI is InChI=1S/C17H20N2O3S2/c1-11-2-4-12(5-3-11)8-19-14-9-24(21,22)10-15(14)23-17(19)18-16(20)13-6-7-13/h2-5,13-15H,6-10H2,1H3/t14-,15-/m0/s1. The number of carbonyl (C=O) groups is 1. The molecule has 2 heterocycles. The first-order chi connectivity index (χ1) is 11.4. The van der Waals surface area contributed by atoms with Gasteiger partial charge in [0.25, 0.3) is 5.91 Å². The van der Waals surface area contributed by atoms with E-state index in [0.29, 0.717) is 11.7 Å². The molecule has 2 aliphatic heterocycles. The molecule has 3 fully saturated rings. The van der Waals surface area contributed by atoms with Gasteiger partial charge in [0, 0.05) is 17.7 Å². The summed E-state index contributed by atoms with van der Waals surface area (Å²) in [4.78, 5) is 18.5. The van der Waals surface area contributed by atoms with Gasteiger partial charge in [0.1, 0.15) is 0 Å². The van der Waals surface area contributed by atoms with Gasteiger partial charge in [-0.15, -0.1) is 0 Å². The Kier molecular flexibility index (Phi) is 3.95. The summed E-state index contributed by atoms with van der Waals surface area (Å²) in [6.45, 7) is 2.64. The zero-order valence-corrected chi connectivity index (χ0v) is 15.1. The molecule has 0 N–H and O–H groups in total. The molecule has 128 valence electrons. The summed E-state index contributed by atoms with van der Waals surface area (Å²) in [6, 6.07) is 8.13. The van der Waals surface area contributed by atoms with Gasteiger partial charge in [0.2, 0.25) is 0 Å². The zero-order chi connectivity index (χ0) is 16.9. The Morgan fingerprint density at radius 3 is 2.62 bits per heavy atom. The SMILES string of the molecule is Cc1ccc(CN2C(=NC(=O)C3CC3)S[C@H]3CS(=O)(=O)C[C@@H]32)cc1. The molecule has 0 unspecified atom stereocenters. The Hall–Kier alpha value is -1.34. The molecule has 3 aliphatic rings. The molecule has 2 atom stereocenters. The van der Waals surface area contributed by atoms with Crippen LogP contribution in [-0.4, -0.2) is 47.2 Å². The van der Waals surface area contributed by atoms with Crippen LogP contribution in [0.3, 0.4) is 0 Å². The lowest BCUT2D eigenvalue weighted by atomic mass is 10.1. The number of amidine groups is 1. The van der Waals surface area contributed by atoms with E-state index in [9.17, 15) is 13.2 Å². The van der Waals surface area contributed by atoms with Gasteiger partial charge in [-0.2, -0.15) is 4.99 Å². The van der Waals surface area contributed by atoms with Crippen molar-refractivity contribution >= 4 is 32.7 Å². The van der Waals surface area contributed by atoms with Crippen LogP contribution in [0.4, 0.5) is 0 Å². The molecule has 1 amide bonds. The van der Waals surface area contributed by atoms with Crippen LogP contribution in [0.25, 0.3) is 0 Å². The lowest BCUT2D eigenvalue weighted by molar-refractivity contribution is -0.118. The number of aliphatic imine (C=N–C) groups is 1. The molecule has 2 saturated heterocycles. The van der Waals surface area contributed by atoms with Gasteiger partial charge in [-0.3, -0.25) is 4.79 Å². The van der Waals surface area contributed by atoms with Crippen LogP contribution < -0.4 is 0 Å². The predicted octanol–water partition coefficient (Wildman–Crippen LogP) is 2.00. The van der Waals surface area contributed by atoms with Crippen molar-refractivity contribution in [3.8, 4) is 0 Å². The molecule has 0 bridgehead atoms. The molecule has 0 radical (unpaired) electrons. The maximum absolute atomic E-state index is 12.1. The molecule has 1 saturated carbocycles. The molecule has 0 aromatic heterocycles. The number of nitrogens with zero attached hydrogens (tertiary/aromatic N) is 2. The number of hydrogen-bond acceptors (Lipinski definition) is 4. The molecule has 1 aromatic rings. The normalized spacial score (nSPS) is 29.9. The summed E-state index contributed by atoms with van der Waals surface area (Å²) in [7, 11) is -3.00. The number of aryl methyl sites for hydroxylation is 1. The Balaban J connectivity index is 1.61. The van der Waals surface area contributed by atoms with E-state index in [2.05, 4.69) is 17.1 Å². The topological polar surface area (TPSA) is 66.8 Å². The number of sulfone groups is 1. The highest BCUT2D eigenvalue weighted by atomic mass is 32.2. The van der Waals surface area contributed by atoms with Gasteiger partial charge >= 0.3 is 0 Å². The fourth-order valence-corrected chi connectivity index (χ4v) is 7.18. The van der Waals surface area contributed by atoms with Gasteiger partial charge in [-0.1, -0.05) is 41.6 Å². The third kappa shape index (κ3) is 3.24. The van der Waals surface area contributed by atoms with Crippen molar-refractivity contribution in [3.63, 3.8) is 0 Å². The summed E-state index contributed by atoms with van der Waals surface area (Å²) in [6.07, 6.45) is 1.86. The minimum Gasteiger partial charge on any atom is -0.342 e. The zero-order valence-electron chi connectivity index (χ0n) is 13.5. The maximum Gasteiger partial charge on any atom is 0.251 e. The van der Waals surface area contributed by atoms with E-state index in [-0.39, 0.29) is 34.6 Å². The number of hydrogen-bond donors (Lipinski definition) is 0. The van der Waals surface area contributed by atoms with Crippen molar-refractivity contribution < 1.29 is 13.2 Å². The average Bonchev–Trinajstić information content (AvgIpc) is 3.26. The van der Waals surface area contributed by atoms with Crippen LogP contribution in [0.15, 0.2) is 29.3 Å². The lowest BCUT2D eigenvalue weighted by Crippen LogP contribution is -2.37. The summed E-state index contributed by atoms with van der Waals surface area (Å²) >= 11 is 1.46. The van der Waals surface area contributed by atoms with Crippen molar-refractivity contribution in [1.82, 2.24) is 4.90 Å². The first-order valence-electron chi connectivity index (χ1n) is 8.23. The number of carbonyl (C=O) groups excluding carboxylic acids is 1. The third-order valence-electron chi connectivity index (χ3n) is 4.78.